The molecule has 1 aromatic rings. The summed E-state index contributed by atoms with van der Waals surface area (Å²) in [4.78, 5) is 18.3. The molecule has 4 nitrogen and oxygen atoms in total. The summed E-state index contributed by atoms with van der Waals surface area (Å²) in [6.07, 6.45) is 0. The van der Waals surface area contributed by atoms with E-state index in [0.717, 1.165) is 13.1 Å². The van der Waals surface area contributed by atoms with E-state index in [2.05, 4.69) is 18.8 Å². The van der Waals surface area contributed by atoms with Gasteiger partial charge in [0.05, 0.1) is 5.69 Å². The lowest BCUT2D eigenvalue weighted by molar-refractivity contribution is 0.0724. The molecule has 0 N–H and O–H groups in total. The van der Waals surface area contributed by atoms with Crippen molar-refractivity contribution in [2.45, 2.75) is 27.7 Å². The minimum Gasteiger partial charge on any atom is -0.436 e. The first-order valence-corrected chi connectivity index (χ1v) is 6.14. The SMILES string of the molecule is Cc1nc(C)c(C(=O)N2CC3C(C2)C3(C)C)o1. The number of nitrogens with zero attached hydrogens (tertiary/aromatic N) is 2. The summed E-state index contributed by atoms with van der Waals surface area (Å²) in [6, 6.07) is 0. The molecule has 1 saturated carbocycles. The van der Waals surface area contributed by atoms with Crippen LogP contribution in [0.3, 0.4) is 0 Å². The van der Waals surface area contributed by atoms with Gasteiger partial charge in [-0.05, 0) is 24.2 Å². The number of likely N-dealkylation sites (tertiary alicyclic amines) is 1. The minimum atomic E-state index is 0.00565. The van der Waals surface area contributed by atoms with Gasteiger partial charge in [-0.3, -0.25) is 4.79 Å². The van der Waals surface area contributed by atoms with E-state index in [1.165, 1.54) is 0 Å². The average Bonchev–Trinajstić information content (AvgIpc) is 2.65. The van der Waals surface area contributed by atoms with Gasteiger partial charge in [-0.2, -0.15) is 0 Å². The van der Waals surface area contributed by atoms with Crippen molar-refractivity contribution in [2.24, 2.45) is 17.3 Å². The summed E-state index contributed by atoms with van der Waals surface area (Å²) in [5.41, 5.74) is 1.13. The number of oxazole rings is 1. The van der Waals surface area contributed by atoms with Crippen LogP contribution in [0.25, 0.3) is 0 Å². The molecule has 1 aromatic heterocycles. The van der Waals surface area contributed by atoms with Gasteiger partial charge in [0, 0.05) is 20.0 Å². The number of aromatic nitrogens is 1. The highest BCUT2D eigenvalue weighted by Crippen LogP contribution is 2.62. The smallest absolute Gasteiger partial charge is 0.291 e. The molecule has 2 aliphatic rings. The first-order chi connectivity index (χ1) is 7.91. The van der Waals surface area contributed by atoms with Crippen LogP contribution in [-0.2, 0) is 0 Å². The van der Waals surface area contributed by atoms with Crippen LogP contribution >= 0.6 is 0 Å². The lowest BCUT2D eigenvalue weighted by Gasteiger charge is -2.21. The molecule has 2 fully saturated rings. The van der Waals surface area contributed by atoms with Gasteiger partial charge in [-0.1, -0.05) is 13.8 Å². The fourth-order valence-corrected chi connectivity index (χ4v) is 3.17. The molecule has 17 heavy (non-hydrogen) atoms. The maximum atomic E-state index is 12.3. The summed E-state index contributed by atoms with van der Waals surface area (Å²) in [7, 11) is 0. The van der Waals surface area contributed by atoms with Crippen LogP contribution in [0.1, 0.15) is 36.0 Å². The Morgan fingerprint density at radius 2 is 1.94 bits per heavy atom. The summed E-state index contributed by atoms with van der Waals surface area (Å²) in [5.74, 6) is 2.34. The van der Waals surface area contributed by atoms with E-state index < -0.39 is 0 Å². The zero-order valence-electron chi connectivity index (χ0n) is 10.8. The molecular weight excluding hydrogens is 216 g/mol. The van der Waals surface area contributed by atoms with Crippen LogP contribution in [-0.4, -0.2) is 28.9 Å². The van der Waals surface area contributed by atoms with Gasteiger partial charge in [-0.15, -0.1) is 0 Å². The van der Waals surface area contributed by atoms with Crippen LogP contribution in [0.2, 0.25) is 0 Å². The van der Waals surface area contributed by atoms with Gasteiger partial charge in [0.25, 0.3) is 5.91 Å². The van der Waals surface area contributed by atoms with Gasteiger partial charge in [0.15, 0.2) is 5.89 Å². The van der Waals surface area contributed by atoms with E-state index in [9.17, 15) is 4.79 Å². The fraction of sp³-hybridized carbons (Fsp3) is 0.692. The van der Waals surface area contributed by atoms with Crippen LogP contribution in [0.15, 0.2) is 4.42 Å². The number of piperidine rings is 1. The number of carbonyl (C=O) groups is 1. The maximum Gasteiger partial charge on any atom is 0.291 e. The van der Waals surface area contributed by atoms with Crippen LogP contribution in [0.5, 0.6) is 0 Å². The highest BCUT2D eigenvalue weighted by atomic mass is 16.4. The Hall–Kier alpha value is -1.32. The van der Waals surface area contributed by atoms with Crippen molar-refractivity contribution in [3.63, 3.8) is 0 Å². The van der Waals surface area contributed by atoms with Gasteiger partial charge in [-0.25, -0.2) is 4.98 Å². The first-order valence-electron chi connectivity index (χ1n) is 6.14. The maximum absolute atomic E-state index is 12.3. The molecule has 1 aliphatic heterocycles. The second-order valence-electron chi connectivity index (χ2n) is 5.89. The molecular formula is C13H18N2O2. The van der Waals surface area contributed by atoms with E-state index in [1.54, 1.807) is 6.92 Å². The van der Waals surface area contributed by atoms with Crippen molar-refractivity contribution >= 4 is 5.91 Å². The molecule has 0 bridgehead atoms. The lowest BCUT2D eigenvalue weighted by Crippen LogP contribution is -2.33. The van der Waals surface area contributed by atoms with Crippen molar-refractivity contribution in [3.8, 4) is 0 Å². The molecule has 2 heterocycles. The van der Waals surface area contributed by atoms with E-state index in [4.69, 9.17) is 4.42 Å². The van der Waals surface area contributed by atoms with E-state index in [1.807, 2.05) is 11.8 Å². The number of rotatable bonds is 1. The molecule has 1 saturated heterocycles. The van der Waals surface area contributed by atoms with Crippen molar-refractivity contribution in [1.82, 2.24) is 9.88 Å². The Morgan fingerprint density at radius 3 is 2.41 bits per heavy atom. The van der Waals surface area contributed by atoms with E-state index in [-0.39, 0.29) is 5.91 Å². The number of hydrogen-bond donors (Lipinski definition) is 0. The highest BCUT2D eigenvalue weighted by molar-refractivity contribution is 5.92. The Bertz CT molecular complexity index is 476. The summed E-state index contributed by atoms with van der Waals surface area (Å²) >= 11 is 0. The zero-order valence-corrected chi connectivity index (χ0v) is 10.8. The Labute approximate surface area is 101 Å². The molecule has 2 unspecified atom stereocenters. The topological polar surface area (TPSA) is 46.3 Å². The fourth-order valence-electron chi connectivity index (χ4n) is 3.17. The number of aryl methyl sites for hydroxylation is 2. The number of fused-ring (bicyclic) bond motifs is 1. The van der Waals surface area contributed by atoms with Crippen LogP contribution in [0.4, 0.5) is 0 Å². The number of carbonyl (C=O) groups excluding carboxylic acids is 1. The summed E-state index contributed by atoms with van der Waals surface area (Å²) < 4.78 is 5.39. The summed E-state index contributed by atoms with van der Waals surface area (Å²) in [5, 5.41) is 0. The van der Waals surface area contributed by atoms with Crippen LogP contribution in [0, 0.1) is 31.1 Å². The average molecular weight is 234 g/mol. The van der Waals surface area contributed by atoms with Gasteiger partial charge >= 0.3 is 0 Å². The Kier molecular flexibility index (Phi) is 1.98. The molecule has 0 radical (unpaired) electrons. The van der Waals surface area contributed by atoms with Crippen molar-refractivity contribution in [1.29, 1.82) is 0 Å². The van der Waals surface area contributed by atoms with Gasteiger partial charge < -0.3 is 9.32 Å². The molecule has 2 atom stereocenters. The second kappa shape index (κ2) is 3.12. The molecule has 0 spiro atoms. The predicted molar refractivity (Wildman–Crippen MR) is 62.6 cm³/mol. The Balaban J connectivity index is 1.76. The quantitative estimate of drug-likeness (QED) is 0.746. The van der Waals surface area contributed by atoms with Crippen LogP contribution < -0.4 is 0 Å². The van der Waals surface area contributed by atoms with Crippen molar-refractivity contribution < 1.29 is 9.21 Å². The largest absolute Gasteiger partial charge is 0.436 e. The molecule has 92 valence electrons. The van der Waals surface area contributed by atoms with E-state index >= 15 is 0 Å². The highest BCUT2D eigenvalue weighted by Gasteiger charge is 2.62. The third-order valence-corrected chi connectivity index (χ3v) is 4.51. The first kappa shape index (κ1) is 10.8. The normalized spacial score (nSPS) is 29.3. The number of amides is 1. The Morgan fingerprint density at radius 1 is 1.35 bits per heavy atom. The van der Waals surface area contributed by atoms with Crippen molar-refractivity contribution in [2.75, 3.05) is 13.1 Å². The zero-order chi connectivity index (χ0) is 12.4. The third-order valence-electron chi connectivity index (χ3n) is 4.51. The lowest BCUT2D eigenvalue weighted by atomic mass is 10.1. The molecule has 0 aromatic carbocycles. The minimum absolute atomic E-state index is 0.00565. The van der Waals surface area contributed by atoms with Gasteiger partial charge in [0.1, 0.15) is 0 Å². The molecule has 1 aliphatic carbocycles. The second-order valence-corrected chi connectivity index (χ2v) is 5.89. The standard InChI is InChI=1S/C13H18N2O2/c1-7-11(17-8(2)14-7)12(16)15-5-9-10(6-15)13(9,3)4/h9-10H,5-6H2,1-4H3. The predicted octanol–water partition coefficient (Wildman–Crippen LogP) is 2.02. The monoisotopic (exact) mass is 234 g/mol. The third kappa shape index (κ3) is 1.43. The number of hydrogen-bond acceptors (Lipinski definition) is 3. The molecule has 4 heteroatoms. The van der Waals surface area contributed by atoms with E-state index in [0.29, 0.717) is 34.6 Å². The summed E-state index contributed by atoms with van der Waals surface area (Å²) in [6.45, 7) is 9.91. The molecule has 1 amide bonds. The van der Waals surface area contributed by atoms with Gasteiger partial charge in [0.2, 0.25) is 5.76 Å². The van der Waals surface area contributed by atoms with Crippen molar-refractivity contribution in [3.05, 3.63) is 17.3 Å². The molecule has 3 rings (SSSR count).